The van der Waals surface area contributed by atoms with E-state index in [0.717, 1.165) is 5.56 Å². The Balaban J connectivity index is 1.85. The van der Waals surface area contributed by atoms with Gasteiger partial charge in [-0.1, -0.05) is 30.3 Å². The average Bonchev–Trinajstić information content (AvgIpc) is 2.89. The van der Waals surface area contributed by atoms with Gasteiger partial charge in [-0.25, -0.2) is 9.78 Å². The minimum Gasteiger partial charge on any atom is -0.487 e. The highest BCUT2D eigenvalue weighted by Gasteiger charge is 2.10. The maximum atomic E-state index is 11.1. The second kappa shape index (κ2) is 5.05. The number of pyridine rings is 1. The van der Waals surface area contributed by atoms with Crippen molar-refractivity contribution in [3.63, 3.8) is 0 Å². The molecule has 3 aromatic rings. The maximum Gasteiger partial charge on any atom is 0.354 e. The number of carboxylic acids is 1. The van der Waals surface area contributed by atoms with Crippen LogP contribution >= 0.6 is 0 Å². The second-order valence-electron chi connectivity index (χ2n) is 4.32. The molecule has 0 unspecified atom stereocenters. The van der Waals surface area contributed by atoms with Crippen molar-refractivity contribution in [1.82, 2.24) is 9.38 Å². The summed E-state index contributed by atoms with van der Waals surface area (Å²) in [4.78, 5) is 15.1. The van der Waals surface area contributed by atoms with E-state index in [4.69, 9.17) is 9.84 Å². The van der Waals surface area contributed by atoms with Gasteiger partial charge in [0.05, 0.1) is 12.4 Å². The number of carboxylic acid groups (broad SMARTS) is 1. The van der Waals surface area contributed by atoms with Gasteiger partial charge in [-0.05, 0) is 17.7 Å². The zero-order valence-electron chi connectivity index (χ0n) is 10.6. The average molecular weight is 268 g/mol. The van der Waals surface area contributed by atoms with Gasteiger partial charge in [-0.15, -0.1) is 0 Å². The molecule has 0 atom stereocenters. The van der Waals surface area contributed by atoms with Crippen LogP contribution in [0.25, 0.3) is 5.65 Å². The molecule has 5 heteroatoms. The lowest BCUT2D eigenvalue weighted by atomic mass is 10.2. The van der Waals surface area contributed by atoms with Crippen LogP contribution in [0.2, 0.25) is 0 Å². The SMILES string of the molecule is O=C(O)c1cnc2ccc(OCc3ccccc3)cn12. The van der Waals surface area contributed by atoms with Crippen molar-refractivity contribution in [1.29, 1.82) is 0 Å². The lowest BCUT2D eigenvalue weighted by Crippen LogP contribution is -2.02. The Morgan fingerprint density at radius 3 is 2.75 bits per heavy atom. The number of aromatic nitrogens is 2. The van der Waals surface area contributed by atoms with Crippen molar-refractivity contribution in [2.75, 3.05) is 0 Å². The Hall–Kier alpha value is -2.82. The minimum absolute atomic E-state index is 0.116. The fraction of sp³-hybridized carbons (Fsp3) is 0.0667. The Kier molecular flexibility index (Phi) is 3.09. The van der Waals surface area contributed by atoms with Crippen molar-refractivity contribution in [3.8, 4) is 5.75 Å². The third kappa shape index (κ3) is 2.33. The van der Waals surface area contributed by atoms with Gasteiger partial charge in [0.2, 0.25) is 0 Å². The molecule has 0 aliphatic rings. The van der Waals surface area contributed by atoms with E-state index in [2.05, 4.69) is 4.98 Å². The summed E-state index contributed by atoms with van der Waals surface area (Å²) in [7, 11) is 0. The first-order valence-corrected chi connectivity index (χ1v) is 6.11. The summed E-state index contributed by atoms with van der Waals surface area (Å²) in [5.74, 6) is -0.417. The molecule has 2 aromatic heterocycles. The molecule has 0 bridgehead atoms. The molecule has 0 saturated heterocycles. The van der Waals surface area contributed by atoms with E-state index in [1.807, 2.05) is 30.3 Å². The van der Waals surface area contributed by atoms with Crippen LogP contribution in [-0.2, 0) is 6.61 Å². The van der Waals surface area contributed by atoms with E-state index in [9.17, 15) is 4.79 Å². The van der Waals surface area contributed by atoms with Gasteiger partial charge >= 0.3 is 5.97 Å². The molecular weight excluding hydrogens is 256 g/mol. The molecule has 0 spiro atoms. The highest BCUT2D eigenvalue weighted by Crippen LogP contribution is 2.16. The van der Waals surface area contributed by atoms with Crippen molar-refractivity contribution < 1.29 is 14.6 Å². The van der Waals surface area contributed by atoms with Gasteiger partial charge in [-0.2, -0.15) is 0 Å². The van der Waals surface area contributed by atoms with Crippen LogP contribution in [0.15, 0.2) is 54.9 Å². The molecule has 1 aromatic carbocycles. The van der Waals surface area contributed by atoms with Gasteiger partial charge in [0.15, 0.2) is 5.69 Å². The first kappa shape index (κ1) is 12.2. The molecule has 2 heterocycles. The number of nitrogens with zero attached hydrogens (tertiary/aromatic N) is 2. The number of carbonyl (C=O) groups is 1. The monoisotopic (exact) mass is 268 g/mol. The van der Waals surface area contributed by atoms with Crippen LogP contribution < -0.4 is 4.74 Å². The largest absolute Gasteiger partial charge is 0.487 e. The van der Waals surface area contributed by atoms with Crippen LogP contribution in [0.1, 0.15) is 16.1 Å². The van der Waals surface area contributed by atoms with Crippen molar-refractivity contribution in [2.45, 2.75) is 6.61 Å². The van der Waals surface area contributed by atoms with Gasteiger partial charge in [0, 0.05) is 0 Å². The summed E-state index contributed by atoms with van der Waals surface area (Å²) in [6.45, 7) is 0.434. The van der Waals surface area contributed by atoms with E-state index in [0.29, 0.717) is 18.0 Å². The predicted octanol–water partition coefficient (Wildman–Crippen LogP) is 2.61. The predicted molar refractivity (Wildman–Crippen MR) is 72.9 cm³/mol. The zero-order chi connectivity index (χ0) is 13.9. The van der Waals surface area contributed by atoms with Crippen LogP contribution in [-0.4, -0.2) is 20.5 Å². The zero-order valence-corrected chi connectivity index (χ0v) is 10.6. The summed E-state index contributed by atoms with van der Waals surface area (Å²) >= 11 is 0. The number of hydrogen-bond acceptors (Lipinski definition) is 3. The molecule has 0 saturated carbocycles. The summed E-state index contributed by atoms with van der Waals surface area (Å²) in [6, 6.07) is 13.3. The van der Waals surface area contributed by atoms with Crippen LogP contribution in [0.3, 0.4) is 0 Å². The molecular formula is C15H12N2O3. The third-order valence-electron chi connectivity index (χ3n) is 2.95. The van der Waals surface area contributed by atoms with Gasteiger partial charge in [0.25, 0.3) is 0 Å². The highest BCUT2D eigenvalue weighted by molar-refractivity contribution is 5.86. The fourth-order valence-corrected chi connectivity index (χ4v) is 1.95. The lowest BCUT2D eigenvalue weighted by Gasteiger charge is -2.07. The quantitative estimate of drug-likeness (QED) is 0.790. The summed E-state index contributed by atoms with van der Waals surface area (Å²) in [6.07, 6.45) is 2.97. The Morgan fingerprint density at radius 1 is 1.20 bits per heavy atom. The molecule has 3 rings (SSSR count). The molecule has 20 heavy (non-hydrogen) atoms. The molecule has 100 valence electrons. The van der Waals surface area contributed by atoms with Crippen molar-refractivity contribution >= 4 is 11.6 Å². The normalized spacial score (nSPS) is 10.6. The Morgan fingerprint density at radius 2 is 2.00 bits per heavy atom. The summed E-state index contributed by atoms with van der Waals surface area (Å²) < 4.78 is 7.17. The van der Waals surface area contributed by atoms with E-state index in [-0.39, 0.29) is 5.69 Å². The van der Waals surface area contributed by atoms with Crippen LogP contribution in [0.5, 0.6) is 5.75 Å². The van der Waals surface area contributed by atoms with Gasteiger partial charge in [-0.3, -0.25) is 4.40 Å². The maximum absolute atomic E-state index is 11.1. The molecule has 0 amide bonds. The molecule has 0 aliphatic heterocycles. The molecule has 0 aliphatic carbocycles. The number of rotatable bonds is 4. The van der Waals surface area contributed by atoms with Crippen LogP contribution in [0, 0.1) is 0 Å². The van der Waals surface area contributed by atoms with E-state index in [1.165, 1.54) is 10.6 Å². The smallest absolute Gasteiger partial charge is 0.354 e. The van der Waals surface area contributed by atoms with Gasteiger partial charge < -0.3 is 9.84 Å². The highest BCUT2D eigenvalue weighted by atomic mass is 16.5. The number of fused-ring (bicyclic) bond motifs is 1. The molecule has 1 N–H and O–H groups in total. The second-order valence-corrected chi connectivity index (χ2v) is 4.32. The molecule has 5 nitrogen and oxygen atoms in total. The third-order valence-corrected chi connectivity index (χ3v) is 2.95. The number of imidazole rings is 1. The fourth-order valence-electron chi connectivity index (χ4n) is 1.95. The Labute approximate surface area is 115 Å². The van der Waals surface area contributed by atoms with Crippen LogP contribution in [0.4, 0.5) is 0 Å². The van der Waals surface area contributed by atoms with Crippen molar-refractivity contribution in [2.24, 2.45) is 0 Å². The first-order valence-electron chi connectivity index (χ1n) is 6.11. The number of ether oxygens (including phenoxy) is 1. The first-order chi connectivity index (χ1) is 9.74. The number of benzene rings is 1. The van der Waals surface area contributed by atoms with Gasteiger partial charge in [0.1, 0.15) is 18.0 Å². The standard InChI is InChI=1S/C15H12N2O3/c18-15(19)13-8-16-14-7-6-12(9-17(13)14)20-10-11-4-2-1-3-5-11/h1-9H,10H2,(H,18,19). The number of hydrogen-bond donors (Lipinski definition) is 1. The number of aromatic carboxylic acids is 1. The van der Waals surface area contributed by atoms with Crippen molar-refractivity contribution in [3.05, 3.63) is 66.1 Å². The minimum atomic E-state index is -1.02. The van der Waals surface area contributed by atoms with E-state index < -0.39 is 5.97 Å². The Bertz CT molecular complexity index is 750. The summed E-state index contributed by atoms with van der Waals surface area (Å²) in [5, 5.41) is 9.07. The molecule has 0 radical (unpaired) electrons. The lowest BCUT2D eigenvalue weighted by molar-refractivity contribution is 0.0689. The van der Waals surface area contributed by atoms with E-state index >= 15 is 0 Å². The topological polar surface area (TPSA) is 63.8 Å². The summed E-state index contributed by atoms with van der Waals surface area (Å²) in [5.41, 5.74) is 1.75. The molecule has 0 fully saturated rings. The van der Waals surface area contributed by atoms with E-state index in [1.54, 1.807) is 18.3 Å².